The number of carbonyl (C=O) groups is 4. The van der Waals surface area contributed by atoms with Crippen LogP contribution in [-0.2, 0) is 23.9 Å². The van der Waals surface area contributed by atoms with Gasteiger partial charge < -0.3 is 20.1 Å². The first-order valence-corrected chi connectivity index (χ1v) is 11.2. The van der Waals surface area contributed by atoms with Crippen LogP contribution < -0.4 is 5.32 Å². The molecule has 3 aliphatic heterocycles. The molecule has 0 spiro atoms. The number of nitrogens with zero attached hydrogens (tertiary/aromatic N) is 1. The van der Waals surface area contributed by atoms with Crippen LogP contribution in [-0.4, -0.2) is 74.1 Å². The minimum absolute atomic E-state index is 0.0763. The molecule has 3 atom stereocenters. The van der Waals surface area contributed by atoms with E-state index in [1.165, 1.54) is 40.2 Å². The van der Waals surface area contributed by atoms with E-state index in [1.807, 2.05) is 0 Å². The highest BCUT2D eigenvalue weighted by Gasteiger charge is 2.64. The second-order valence-corrected chi connectivity index (χ2v) is 10.9. The summed E-state index contributed by atoms with van der Waals surface area (Å²) >= 11 is 4.16. The number of β-lactam (4-membered cyclic amide) rings is 1. The Hall–Kier alpha value is -1.33. The van der Waals surface area contributed by atoms with Gasteiger partial charge in [-0.2, -0.15) is 0 Å². The van der Waals surface area contributed by atoms with Crippen molar-refractivity contribution in [2.75, 3.05) is 18.1 Å². The largest absolute Gasteiger partial charge is 0.480 e. The molecule has 0 saturated carbocycles. The van der Waals surface area contributed by atoms with Crippen LogP contribution in [0.3, 0.4) is 0 Å². The Morgan fingerprint density at radius 3 is 2.48 bits per heavy atom. The summed E-state index contributed by atoms with van der Waals surface area (Å²) in [5.74, 6) is -1.29. The van der Waals surface area contributed by atoms with E-state index in [1.54, 1.807) is 20.8 Å². The van der Waals surface area contributed by atoms with E-state index < -0.39 is 46.0 Å². The van der Waals surface area contributed by atoms with Crippen LogP contribution in [0.15, 0.2) is 9.81 Å². The van der Waals surface area contributed by atoms with E-state index in [0.717, 1.165) is 11.5 Å². The zero-order chi connectivity index (χ0) is 19.9. The van der Waals surface area contributed by atoms with E-state index in [4.69, 9.17) is 4.74 Å². The summed E-state index contributed by atoms with van der Waals surface area (Å²) in [5, 5.41) is 11.6. The van der Waals surface area contributed by atoms with Gasteiger partial charge in [0.25, 0.3) is 5.91 Å². The lowest BCUT2D eigenvalue weighted by atomic mass is 9.96. The number of aliphatic carboxylic acids is 1. The lowest BCUT2D eigenvalue weighted by molar-refractivity contribution is -0.161. The van der Waals surface area contributed by atoms with Crippen molar-refractivity contribution in [3.05, 3.63) is 9.81 Å². The van der Waals surface area contributed by atoms with Crippen LogP contribution in [0, 0.1) is 0 Å². The van der Waals surface area contributed by atoms with E-state index in [0.29, 0.717) is 4.24 Å². The number of amides is 2. The summed E-state index contributed by atoms with van der Waals surface area (Å²) in [6.07, 6.45) is 0. The summed E-state index contributed by atoms with van der Waals surface area (Å²) < 4.78 is 4.92. The van der Waals surface area contributed by atoms with Gasteiger partial charge in [-0.15, -0.1) is 35.3 Å². The minimum Gasteiger partial charge on any atom is -0.480 e. The molecule has 3 fully saturated rings. The Morgan fingerprint density at radius 1 is 1.30 bits per heavy atom. The summed E-state index contributed by atoms with van der Waals surface area (Å²) in [4.78, 5) is 50.4. The molecule has 0 aliphatic carbocycles. The first-order chi connectivity index (χ1) is 12.7. The third-order valence-corrected chi connectivity index (χ3v) is 8.71. The predicted octanol–water partition coefficient (Wildman–Crippen LogP) is 0.873. The molecular formula is C16H20N2O6S3. The maximum atomic E-state index is 12.8. The Labute approximate surface area is 169 Å². The first kappa shape index (κ1) is 20.4. The Kier molecular flexibility index (Phi) is 5.74. The normalized spacial score (nSPS) is 28.4. The molecule has 2 N–H and O–H groups in total. The highest BCUT2D eigenvalue weighted by molar-refractivity contribution is 8.25. The fourth-order valence-electron chi connectivity index (χ4n) is 3.29. The Bertz CT molecular complexity index is 730. The summed E-state index contributed by atoms with van der Waals surface area (Å²) in [6, 6.07) is -1.80. The summed E-state index contributed by atoms with van der Waals surface area (Å²) in [6.45, 7) is 5.32. The number of carboxylic acids is 1. The summed E-state index contributed by atoms with van der Waals surface area (Å²) in [7, 11) is 0. The van der Waals surface area contributed by atoms with Crippen molar-refractivity contribution in [1.82, 2.24) is 10.2 Å². The van der Waals surface area contributed by atoms with E-state index in [2.05, 4.69) is 5.32 Å². The van der Waals surface area contributed by atoms with E-state index in [-0.39, 0.29) is 12.2 Å². The highest BCUT2D eigenvalue weighted by Crippen LogP contribution is 2.51. The number of ether oxygens (including phenoxy) is 1. The molecule has 8 nitrogen and oxygen atoms in total. The third-order valence-electron chi connectivity index (χ3n) is 4.42. The quantitative estimate of drug-likeness (QED) is 0.215. The second kappa shape index (κ2) is 7.59. The average Bonchev–Trinajstić information content (AvgIpc) is 3.17. The molecule has 3 saturated heterocycles. The van der Waals surface area contributed by atoms with E-state index >= 15 is 0 Å². The van der Waals surface area contributed by atoms with Crippen LogP contribution in [0.2, 0.25) is 0 Å². The third kappa shape index (κ3) is 3.56. The van der Waals surface area contributed by atoms with Gasteiger partial charge in [0, 0.05) is 16.3 Å². The molecule has 3 aliphatic rings. The maximum Gasteiger partial charge on any atom is 0.345 e. The van der Waals surface area contributed by atoms with Crippen molar-refractivity contribution in [3.8, 4) is 0 Å². The van der Waals surface area contributed by atoms with Gasteiger partial charge in [0.15, 0.2) is 0 Å². The highest BCUT2D eigenvalue weighted by atomic mass is 32.2. The number of thioether (sulfide) groups is 3. The number of carboxylic acid groups (broad SMARTS) is 1. The summed E-state index contributed by atoms with van der Waals surface area (Å²) in [5.41, 5.74) is -0.0763. The molecule has 1 unspecified atom stereocenters. The Balaban J connectivity index is 1.78. The monoisotopic (exact) mass is 432 g/mol. The number of esters is 1. The number of rotatable bonds is 5. The van der Waals surface area contributed by atoms with Gasteiger partial charge in [-0.05, 0) is 20.8 Å². The molecule has 27 heavy (non-hydrogen) atoms. The molecular weight excluding hydrogens is 412 g/mol. The first-order valence-electron chi connectivity index (χ1n) is 8.39. The van der Waals surface area contributed by atoms with Crippen LogP contribution in [0.5, 0.6) is 0 Å². The van der Waals surface area contributed by atoms with Gasteiger partial charge in [-0.1, -0.05) is 0 Å². The molecule has 0 aromatic carbocycles. The van der Waals surface area contributed by atoms with Gasteiger partial charge in [-0.3, -0.25) is 9.59 Å². The van der Waals surface area contributed by atoms with Crippen molar-refractivity contribution in [3.63, 3.8) is 0 Å². The molecule has 11 heteroatoms. The fourth-order valence-corrected chi connectivity index (χ4v) is 7.42. The van der Waals surface area contributed by atoms with Gasteiger partial charge in [-0.25, -0.2) is 9.59 Å². The molecule has 0 aromatic heterocycles. The number of hydrogen-bond donors (Lipinski definition) is 2. The fraction of sp³-hybridized carbons (Fsp3) is 0.625. The number of nitrogens with one attached hydrogen (secondary N) is 1. The smallest absolute Gasteiger partial charge is 0.345 e. The SMILES string of the molecule is CCOC(=O)C(C(=O)N[C@@H]1C(=O)N2C(C(=O)O)C(C)(C)S[C@@H]12)=C1SCCS1. The molecule has 148 valence electrons. The van der Waals surface area contributed by atoms with Gasteiger partial charge in [0.1, 0.15) is 23.0 Å². The van der Waals surface area contributed by atoms with E-state index in [9.17, 15) is 24.3 Å². The molecule has 3 rings (SSSR count). The van der Waals surface area contributed by atoms with Crippen molar-refractivity contribution >= 4 is 59.0 Å². The average molecular weight is 433 g/mol. The number of carbonyl (C=O) groups excluding carboxylic acids is 3. The molecule has 3 heterocycles. The molecule has 2 amide bonds. The molecule has 0 aromatic rings. The zero-order valence-electron chi connectivity index (χ0n) is 15.0. The lowest BCUT2D eigenvalue weighted by Gasteiger charge is -2.43. The Morgan fingerprint density at radius 2 is 1.93 bits per heavy atom. The number of fused-ring (bicyclic) bond motifs is 1. The number of hydrogen-bond acceptors (Lipinski definition) is 8. The van der Waals surface area contributed by atoms with Crippen LogP contribution in [0.25, 0.3) is 0 Å². The molecule has 0 radical (unpaired) electrons. The van der Waals surface area contributed by atoms with Crippen molar-refractivity contribution in [2.24, 2.45) is 0 Å². The van der Waals surface area contributed by atoms with Crippen molar-refractivity contribution in [1.29, 1.82) is 0 Å². The predicted molar refractivity (Wildman–Crippen MR) is 104 cm³/mol. The van der Waals surface area contributed by atoms with Gasteiger partial charge in [0.2, 0.25) is 5.91 Å². The zero-order valence-corrected chi connectivity index (χ0v) is 17.5. The van der Waals surface area contributed by atoms with Crippen molar-refractivity contribution in [2.45, 2.75) is 43.0 Å². The lowest BCUT2D eigenvalue weighted by Crippen LogP contribution is -2.70. The van der Waals surface area contributed by atoms with Gasteiger partial charge >= 0.3 is 11.9 Å². The van der Waals surface area contributed by atoms with Crippen molar-refractivity contribution < 1.29 is 29.0 Å². The molecule has 0 bridgehead atoms. The van der Waals surface area contributed by atoms with Gasteiger partial charge in [0.05, 0.1) is 10.8 Å². The van der Waals surface area contributed by atoms with Crippen LogP contribution in [0.4, 0.5) is 0 Å². The maximum absolute atomic E-state index is 12.8. The van der Waals surface area contributed by atoms with Crippen LogP contribution >= 0.6 is 35.3 Å². The topological polar surface area (TPSA) is 113 Å². The minimum atomic E-state index is -1.07. The van der Waals surface area contributed by atoms with Crippen LogP contribution in [0.1, 0.15) is 20.8 Å². The standard InChI is InChI=1S/C16H20N2O6S3/c1-4-24-14(23)7(15-25-5-6-26-15)10(19)17-8-11(20)18-9(13(21)22)16(2,3)27-12(8)18/h8-9,12H,4-6H2,1-3H3,(H,17,19)(H,21,22)/t8-,9?,12+/m1/s1. The second-order valence-electron chi connectivity index (χ2n) is 6.63.